The van der Waals surface area contributed by atoms with Crippen molar-refractivity contribution in [2.45, 2.75) is 12.8 Å². The van der Waals surface area contributed by atoms with Crippen LogP contribution in [0.2, 0.25) is 0 Å². The topological polar surface area (TPSA) is 71.5 Å². The first-order valence-corrected chi connectivity index (χ1v) is 5.68. The molecular weight excluding hydrogens is 220 g/mol. The van der Waals surface area contributed by atoms with Gasteiger partial charge in [0.15, 0.2) is 0 Å². The number of nitrogens with zero attached hydrogens (tertiary/aromatic N) is 1. The van der Waals surface area contributed by atoms with Gasteiger partial charge in [-0.05, 0) is 18.6 Å². The number of amides is 1. The van der Waals surface area contributed by atoms with Gasteiger partial charge in [-0.25, -0.2) is 0 Å². The van der Waals surface area contributed by atoms with Gasteiger partial charge in [0.2, 0.25) is 5.91 Å². The maximum absolute atomic E-state index is 11.5. The van der Waals surface area contributed by atoms with Crippen molar-refractivity contribution in [2.24, 2.45) is 0 Å². The maximum atomic E-state index is 11.5. The lowest BCUT2D eigenvalue weighted by atomic mass is 10.2. The highest BCUT2D eigenvalue weighted by molar-refractivity contribution is 5.77. The van der Waals surface area contributed by atoms with Crippen molar-refractivity contribution in [3.05, 3.63) is 30.1 Å². The fourth-order valence-corrected chi connectivity index (χ4v) is 1.30. The van der Waals surface area contributed by atoms with Crippen LogP contribution in [0.1, 0.15) is 12.1 Å². The Morgan fingerprint density at radius 3 is 3.00 bits per heavy atom. The lowest BCUT2D eigenvalue weighted by Gasteiger charge is -2.05. The zero-order valence-corrected chi connectivity index (χ0v) is 9.76. The van der Waals surface area contributed by atoms with Gasteiger partial charge in [0.25, 0.3) is 0 Å². The molecular formula is C12H18N2O3. The summed E-state index contributed by atoms with van der Waals surface area (Å²) in [6.07, 6.45) is 2.72. The van der Waals surface area contributed by atoms with Crippen molar-refractivity contribution >= 4 is 5.91 Å². The maximum Gasteiger partial charge on any atom is 0.226 e. The zero-order chi connectivity index (χ0) is 12.3. The first-order chi connectivity index (χ1) is 8.33. The Balaban J connectivity index is 2.06. The van der Waals surface area contributed by atoms with Crippen molar-refractivity contribution in [3.63, 3.8) is 0 Å². The Hall–Kier alpha value is -1.46. The molecule has 5 nitrogen and oxygen atoms in total. The molecule has 1 heterocycles. The molecule has 0 unspecified atom stereocenters. The number of ether oxygens (including phenoxy) is 1. The summed E-state index contributed by atoms with van der Waals surface area (Å²) in [5.41, 5.74) is 0.765. The van der Waals surface area contributed by atoms with Crippen LogP contribution in [0.3, 0.4) is 0 Å². The Kier molecular flexibility index (Phi) is 6.93. The monoisotopic (exact) mass is 238 g/mol. The minimum atomic E-state index is -0.0362. The largest absolute Gasteiger partial charge is 0.394 e. The van der Waals surface area contributed by atoms with E-state index >= 15 is 0 Å². The van der Waals surface area contributed by atoms with Crippen molar-refractivity contribution in [3.8, 4) is 0 Å². The van der Waals surface area contributed by atoms with Crippen LogP contribution in [-0.4, -0.2) is 42.4 Å². The number of hydrogen-bond acceptors (Lipinski definition) is 4. The van der Waals surface area contributed by atoms with Crippen LogP contribution in [0.15, 0.2) is 24.4 Å². The molecule has 0 spiro atoms. The number of aliphatic hydroxyl groups excluding tert-OH is 1. The molecule has 17 heavy (non-hydrogen) atoms. The summed E-state index contributed by atoms with van der Waals surface area (Å²) in [5.74, 6) is -0.0362. The van der Waals surface area contributed by atoms with E-state index in [-0.39, 0.29) is 12.5 Å². The van der Waals surface area contributed by atoms with Gasteiger partial charge >= 0.3 is 0 Å². The van der Waals surface area contributed by atoms with Crippen LogP contribution in [-0.2, 0) is 16.0 Å². The summed E-state index contributed by atoms with van der Waals surface area (Å²) in [5, 5.41) is 11.3. The van der Waals surface area contributed by atoms with Crippen LogP contribution in [0.5, 0.6) is 0 Å². The Morgan fingerprint density at radius 2 is 2.29 bits per heavy atom. The molecule has 0 aliphatic rings. The average Bonchev–Trinajstić information content (AvgIpc) is 2.35. The van der Waals surface area contributed by atoms with Gasteiger partial charge in [-0.15, -0.1) is 0 Å². The molecule has 0 fully saturated rings. The van der Waals surface area contributed by atoms with Crippen LogP contribution < -0.4 is 5.32 Å². The highest BCUT2D eigenvalue weighted by Gasteiger charge is 2.02. The summed E-state index contributed by atoms with van der Waals surface area (Å²) in [4.78, 5) is 15.5. The molecule has 1 amide bonds. The van der Waals surface area contributed by atoms with E-state index in [1.807, 2.05) is 18.2 Å². The molecule has 0 saturated heterocycles. The van der Waals surface area contributed by atoms with Crippen molar-refractivity contribution < 1.29 is 14.6 Å². The van der Waals surface area contributed by atoms with Crippen molar-refractivity contribution in [1.82, 2.24) is 10.3 Å². The van der Waals surface area contributed by atoms with E-state index in [1.54, 1.807) is 6.20 Å². The summed E-state index contributed by atoms with van der Waals surface area (Å²) >= 11 is 0. The molecule has 1 aromatic rings. The standard InChI is InChI=1S/C12H18N2O3/c15-7-9-17-8-3-6-14-12(16)10-11-4-1-2-5-13-11/h1-2,4-5,15H,3,6-10H2,(H,14,16). The number of hydrogen-bond donors (Lipinski definition) is 2. The fraction of sp³-hybridized carbons (Fsp3) is 0.500. The second kappa shape index (κ2) is 8.66. The number of carbonyl (C=O) groups is 1. The molecule has 0 aromatic carbocycles. The van der Waals surface area contributed by atoms with Gasteiger partial charge in [-0.2, -0.15) is 0 Å². The SMILES string of the molecule is O=C(Cc1ccccn1)NCCCOCCO. The van der Waals surface area contributed by atoms with E-state index in [4.69, 9.17) is 9.84 Å². The van der Waals surface area contributed by atoms with Gasteiger partial charge in [0.1, 0.15) is 0 Å². The predicted octanol–water partition coefficient (Wildman–Crippen LogP) is 0.139. The minimum absolute atomic E-state index is 0.0338. The van der Waals surface area contributed by atoms with E-state index in [2.05, 4.69) is 10.3 Å². The summed E-state index contributed by atoms with van der Waals surface area (Å²) < 4.78 is 5.07. The summed E-state index contributed by atoms with van der Waals surface area (Å²) in [6, 6.07) is 5.50. The van der Waals surface area contributed by atoms with E-state index < -0.39 is 0 Å². The second-order valence-corrected chi connectivity index (χ2v) is 3.54. The van der Waals surface area contributed by atoms with E-state index in [1.165, 1.54) is 0 Å². The van der Waals surface area contributed by atoms with Gasteiger partial charge < -0.3 is 15.2 Å². The molecule has 0 radical (unpaired) electrons. The van der Waals surface area contributed by atoms with Crippen molar-refractivity contribution in [1.29, 1.82) is 0 Å². The third-order valence-electron chi connectivity index (χ3n) is 2.09. The third kappa shape index (κ3) is 6.65. The van der Waals surface area contributed by atoms with Crippen LogP contribution in [0.25, 0.3) is 0 Å². The molecule has 0 saturated carbocycles. The van der Waals surface area contributed by atoms with E-state index in [0.29, 0.717) is 26.2 Å². The Bertz CT molecular complexity index is 317. The Labute approximate surface area is 101 Å². The molecule has 94 valence electrons. The van der Waals surface area contributed by atoms with Crippen LogP contribution in [0, 0.1) is 0 Å². The first-order valence-electron chi connectivity index (χ1n) is 5.68. The molecule has 0 aliphatic carbocycles. The van der Waals surface area contributed by atoms with E-state index in [0.717, 1.165) is 12.1 Å². The molecule has 0 bridgehead atoms. The number of aliphatic hydroxyl groups is 1. The second-order valence-electron chi connectivity index (χ2n) is 3.54. The average molecular weight is 238 g/mol. The number of rotatable bonds is 8. The quantitative estimate of drug-likeness (QED) is 0.632. The van der Waals surface area contributed by atoms with Crippen LogP contribution >= 0.6 is 0 Å². The zero-order valence-electron chi connectivity index (χ0n) is 9.76. The predicted molar refractivity (Wildman–Crippen MR) is 63.5 cm³/mol. The number of nitrogens with one attached hydrogen (secondary N) is 1. The molecule has 1 rings (SSSR count). The highest BCUT2D eigenvalue weighted by Crippen LogP contribution is 1.94. The molecule has 0 aliphatic heterocycles. The molecule has 5 heteroatoms. The molecule has 0 atom stereocenters. The lowest BCUT2D eigenvalue weighted by Crippen LogP contribution is -2.27. The normalized spacial score (nSPS) is 10.2. The van der Waals surface area contributed by atoms with Gasteiger partial charge in [0, 0.05) is 25.0 Å². The highest BCUT2D eigenvalue weighted by atomic mass is 16.5. The van der Waals surface area contributed by atoms with Crippen LogP contribution in [0.4, 0.5) is 0 Å². The Morgan fingerprint density at radius 1 is 1.41 bits per heavy atom. The molecule has 1 aromatic heterocycles. The smallest absolute Gasteiger partial charge is 0.226 e. The summed E-state index contributed by atoms with van der Waals surface area (Å²) in [6.45, 7) is 1.51. The van der Waals surface area contributed by atoms with Gasteiger partial charge in [0.05, 0.1) is 19.6 Å². The number of pyridine rings is 1. The fourth-order valence-electron chi connectivity index (χ4n) is 1.30. The van der Waals surface area contributed by atoms with Crippen molar-refractivity contribution in [2.75, 3.05) is 26.4 Å². The third-order valence-corrected chi connectivity index (χ3v) is 2.09. The molecule has 2 N–H and O–H groups in total. The van der Waals surface area contributed by atoms with E-state index in [9.17, 15) is 4.79 Å². The number of aromatic nitrogens is 1. The summed E-state index contributed by atoms with van der Waals surface area (Å²) in [7, 11) is 0. The number of carbonyl (C=O) groups excluding carboxylic acids is 1. The first kappa shape index (κ1) is 13.6. The minimum Gasteiger partial charge on any atom is -0.394 e. The van der Waals surface area contributed by atoms with Gasteiger partial charge in [-0.3, -0.25) is 9.78 Å². The van der Waals surface area contributed by atoms with Gasteiger partial charge in [-0.1, -0.05) is 6.07 Å². The lowest BCUT2D eigenvalue weighted by molar-refractivity contribution is -0.120.